The number of carboxylic acids is 1. The van der Waals surface area contributed by atoms with Crippen LogP contribution in [0.3, 0.4) is 0 Å². The zero-order valence-electron chi connectivity index (χ0n) is 11.9. The van der Waals surface area contributed by atoms with Crippen LogP contribution in [0.15, 0.2) is 36.5 Å². The third kappa shape index (κ3) is 3.78. The molecule has 0 bridgehead atoms. The fourth-order valence-corrected chi connectivity index (χ4v) is 2.43. The molecule has 0 aliphatic carbocycles. The zero-order chi connectivity index (χ0) is 14.5. The molecule has 1 heterocycles. The number of carboxylic acid groups (broad SMARTS) is 1. The molecule has 2 rings (SSSR count). The molecule has 0 spiro atoms. The summed E-state index contributed by atoms with van der Waals surface area (Å²) in [6, 6.07) is 9.97. The van der Waals surface area contributed by atoms with Crippen LogP contribution >= 0.6 is 0 Å². The van der Waals surface area contributed by atoms with E-state index in [4.69, 9.17) is 5.11 Å². The quantitative estimate of drug-likeness (QED) is 0.878. The molecule has 1 N–H and O–H groups in total. The SMILES string of the molecule is CC(C)CN(CC(=O)O)Cc1cccc2cccnc12. The first-order valence-electron chi connectivity index (χ1n) is 6.83. The molecule has 2 aromatic rings. The first-order chi connectivity index (χ1) is 9.56. The molecule has 4 heteroatoms. The van der Waals surface area contributed by atoms with E-state index in [1.165, 1.54) is 0 Å². The van der Waals surface area contributed by atoms with E-state index in [0.717, 1.165) is 23.0 Å². The fourth-order valence-electron chi connectivity index (χ4n) is 2.43. The maximum absolute atomic E-state index is 11.0. The third-order valence-corrected chi connectivity index (χ3v) is 3.09. The summed E-state index contributed by atoms with van der Waals surface area (Å²) < 4.78 is 0. The molecule has 4 nitrogen and oxygen atoms in total. The molecule has 0 saturated heterocycles. The maximum Gasteiger partial charge on any atom is 0.317 e. The van der Waals surface area contributed by atoms with Crippen molar-refractivity contribution in [2.75, 3.05) is 13.1 Å². The lowest BCUT2D eigenvalue weighted by atomic mass is 10.1. The van der Waals surface area contributed by atoms with Gasteiger partial charge in [-0.2, -0.15) is 0 Å². The molecule has 0 fully saturated rings. The molecule has 0 aliphatic rings. The molecular formula is C16H20N2O2. The zero-order valence-corrected chi connectivity index (χ0v) is 11.9. The molecule has 106 valence electrons. The Bertz CT molecular complexity index is 591. The lowest BCUT2D eigenvalue weighted by Crippen LogP contribution is -2.32. The van der Waals surface area contributed by atoms with Crippen molar-refractivity contribution in [3.8, 4) is 0 Å². The van der Waals surface area contributed by atoms with E-state index in [1.54, 1.807) is 6.20 Å². The van der Waals surface area contributed by atoms with Crippen molar-refractivity contribution in [3.63, 3.8) is 0 Å². The van der Waals surface area contributed by atoms with Crippen molar-refractivity contribution in [2.24, 2.45) is 5.92 Å². The van der Waals surface area contributed by atoms with Crippen molar-refractivity contribution >= 4 is 16.9 Å². The van der Waals surface area contributed by atoms with E-state index in [0.29, 0.717) is 12.5 Å². The second-order valence-electron chi connectivity index (χ2n) is 5.45. The van der Waals surface area contributed by atoms with Gasteiger partial charge in [-0.1, -0.05) is 38.1 Å². The predicted molar refractivity (Wildman–Crippen MR) is 79.5 cm³/mol. The minimum absolute atomic E-state index is 0.0569. The van der Waals surface area contributed by atoms with Gasteiger partial charge in [0.25, 0.3) is 0 Å². The molecule has 0 aliphatic heterocycles. The Morgan fingerprint density at radius 2 is 2.05 bits per heavy atom. The highest BCUT2D eigenvalue weighted by molar-refractivity contribution is 5.81. The number of aliphatic carboxylic acids is 1. The number of hydrogen-bond acceptors (Lipinski definition) is 3. The van der Waals surface area contributed by atoms with E-state index < -0.39 is 5.97 Å². The van der Waals surface area contributed by atoms with E-state index in [2.05, 4.69) is 18.8 Å². The Kier molecular flexibility index (Phi) is 4.69. The van der Waals surface area contributed by atoms with Crippen LogP contribution in [-0.4, -0.2) is 34.0 Å². The monoisotopic (exact) mass is 272 g/mol. The first kappa shape index (κ1) is 14.5. The van der Waals surface area contributed by atoms with Gasteiger partial charge in [0, 0.05) is 24.7 Å². The van der Waals surface area contributed by atoms with Crippen molar-refractivity contribution in [2.45, 2.75) is 20.4 Å². The summed E-state index contributed by atoms with van der Waals surface area (Å²) in [5.74, 6) is -0.365. The smallest absolute Gasteiger partial charge is 0.317 e. The lowest BCUT2D eigenvalue weighted by molar-refractivity contribution is -0.138. The third-order valence-electron chi connectivity index (χ3n) is 3.09. The van der Waals surface area contributed by atoms with Gasteiger partial charge < -0.3 is 5.11 Å². The highest BCUT2D eigenvalue weighted by Gasteiger charge is 2.13. The van der Waals surface area contributed by atoms with E-state index >= 15 is 0 Å². The number of pyridine rings is 1. The van der Waals surface area contributed by atoms with Crippen LogP contribution in [-0.2, 0) is 11.3 Å². The van der Waals surface area contributed by atoms with Crippen molar-refractivity contribution in [3.05, 3.63) is 42.1 Å². The Morgan fingerprint density at radius 1 is 1.30 bits per heavy atom. The van der Waals surface area contributed by atoms with Crippen LogP contribution in [0.1, 0.15) is 19.4 Å². The maximum atomic E-state index is 11.0. The molecule has 0 atom stereocenters. The van der Waals surface area contributed by atoms with Crippen LogP contribution in [0.5, 0.6) is 0 Å². The van der Waals surface area contributed by atoms with Gasteiger partial charge in [-0.15, -0.1) is 0 Å². The largest absolute Gasteiger partial charge is 0.480 e. The van der Waals surface area contributed by atoms with E-state index in [1.807, 2.05) is 35.2 Å². The molecule has 0 radical (unpaired) electrons. The number of aromatic nitrogens is 1. The number of hydrogen-bond donors (Lipinski definition) is 1. The normalized spacial score (nSPS) is 11.4. The minimum Gasteiger partial charge on any atom is -0.480 e. The summed E-state index contributed by atoms with van der Waals surface area (Å²) in [6.45, 7) is 5.61. The Hall–Kier alpha value is -1.94. The summed E-state index contributed by atoms with van der Waals surface area (Å²) >= 11 is 0. The Balaban J connectivity index is 2.25. The standard InChI is InChI=1S/C16H20N2O2/c1-12(2)9-18(11-15(19)20)10-14-6-3-5-13-7-4-8-17-16(13)14/h3-8,12H,9-11H2,1-2H3,(H,19,20). The average Bonchev–Trinajstić information content (AvgIpc) is 2.37. The van der Waals surface area contributed by atoms with Gasteiger partial charge in [-0.25, -0.2) is 0 Å². The average molecular weight is 272 g/mol. The van der Waals surface area contributed by atoms with Gasteiger partial charge in [-0.05, 0) is 17.5 Å². The highest BCUT2D eigenvalue weighted by Crippen LogP contribution is 2.18. The molecule has 20 heavy (non-hydrogen) atoms. The van der Waals surface area contributed by atoms with E-state index in [-0.39, 0.29) is 6.54 Å². The summed E-state index contributed by atoms with van der Waals surface area (Å²) in [5, 5.41) is 10.1. The van der Waals surface area contributed by atoms with Crippen LogP contribution in [0.4, 0.5) is 0 Å². The molecule has 0 saturated carbocycles. The Labute approximate surface area is 119 Å². The van der Waals surface area contributed by atoms with Crippen LogP contribution in [0.2, 0.25) is 0 Å². The number of benzene rings is 1. The van der Waals surface area contributed by atoms with Crippen molar-refractivity contribution < 1.29 is 9.90 Å². The Morgan fingerprint density at radius 3 is 2.75 bits per heavy atom. The second-order valence-corrected chi connectivity index (χ2v) is 5.45. The van der Waals surface area contributed by atoms with E-state index in [9.17, 15) is 4.79 Å². The molecule has 1 aromatic heterocycles. The summed E-state index contributed by atoms with van der Waals surface area (Å²) in [7, 11) is 0. The van der Waals surface area contributed by atoms with Gasteiger partial charge in [0.2, 0.25) is 0 Å². The topological polar surface area (TPSA) is 53.4 Å². The number of carbonyl (C=O) groups is 1. The van der Waals surface area contributed by atoms with Crippen LogP contribution < -0.4 is 0 Å². The van der Waals surface area contributed by atoms with Crippen LogP contribution in [0.25, 0.3) is 10.9 Å². The molecule has 0 unspecified atom stereocenters. The van der Waals surface area contributed by atoms with Gasteiger partial charge in [0.05, 0.1) is 12.1 Å². The van der Waals surface area contributed by atoms with Gasteiger partial charge in [0.1, 0.15) is 0 Å². The molecule has 0 amide bonds. The summed E-state index contributed by atoms with van der Waals surface area (Å²) in [4.78, 5) is 17.4. The highest BCUT2D eigenvalue weighted by atomic mass is 16.4. The number of fused-ring (bicyclic) bond motifs is 1. The number of rotatable bonds is 6. The first-order valence-corrected chi connectivity index (χ1v) is 6.83. The van der Waals surface area contributed by atoms with Crippen molar-refractivity contribution in [1.82, 2.24) is 9.88 Å². The molecular weight excluding hydrogens is 252 g/mol. The van der Waals surface area contributed by atoms with Gasteiger partial charge in [-0.3, -0.25) is 14.7 Å². The summed E-state index contributed by atoms with van der Waals surface area (Å²) in [6.07, 6.45) is 1.77. The second kappa shape index (κ2) is 6.48. The lowest BCUT2D eigenvalue weighted by Gasteiger charge is -2.22. The van der Waals surface area contributed by atoms with Gasteiger partial charge in [0.15, 0.2) is 0 Å². The minimum atomic E-state index is -0.793. The summed E-state index contributed by atoms with van der Waals surface area (Å²) in [5.41, 5.74) is 2.03. The fraction of sp³-hybridized carbons (Fsp3) is 0.375. The predicted octanol–water partition coefficient (Wildman–Crippen LogP) is 2.78. The molecule has 1 aromatic carbocycles. The van der Waals surface area contributed by atoms with Crippen molar-refractivity contribution in [1.29, 1.82) is 0 Å². The van der Waals surface area contributed by atoms with Gasteiger partial charge >= 0.3 is 5.97 Å². The van der Waals surface area contributed by atoms with Crippen LogP contribution in [0, 0.1) is 5.92 Å². The number of nitrogens with zero attached hydrogens (tertiary/aromatic N) is 2. The number of para-hydroxylation sites is 1.